The molecule has 0 radical (unpaired) electrons. The first-order valence-electron chi connectivity index (χ1n) is 8.86. The molecule has 3 heterocycles. The van der Waals surface area contributed by atoms with Crippen LogP contribution in [0, 0.1) is 0 Å². The van der Waals surface area contributed by atoms with Gasteiger partial charge in [0.25, 0.3) is 5.56 Å². The molecular formula is C22H15ClN4O. The molecule has 3 aromatic heterocycles. The quantitative estimate of drug-likeness (QED) is 0.461. The zero-order chi connectivity index (χ0) is 19.1. The maximum atomic E-state index is 13.0. The van der Waals surface area contributed by atoms with Crippen molar-refractivity contribution in [3.05, 3.63) is 100 Å². The van der Waals surface area contributed by atoms with Gasteiger partial charge in [0.2, 0.25) is 5.78 Å². The van der Waals surface area contributed by atoms with E-state index in [1.54, 1.807) is 22.9 Å². The predicted octanol–water partition coefficient (Wildman–Crippen LogP) is 4.41. The van der Waals surface area contributed by atoms with Gasteiger partial charge in [0.15, 0.2) is 0 Å². The third-order valence-corrected chi connectivity index (χ3v) is 5.00. The molecule has 0 aliphatic carbocycles. The van der Waals surface area contributed by atoms with Crippen LogP contribution in [0.2, 0.25) is 5.02 Å². The summed E-state index contributed by atoms with van der Waals surface area (Å²) in [6.45, 7) is 0.559. The average molecular weight is 387 g/mol. The van der Waals surface area contributed by atoms with E-state index in [1.807, 2.05) is 65.2 Å². The van der Waals surface area contributed by atoms with E-state index in [-0.39, 0.29) is 5.56 Å². The Hall–Kier alpha value is -3.44. The summed E-state index contributed by atoms with van der Waals surface area (Å²) in [5, 5.41) is 0.681. The molecule has 0 spiro atoms. The summed E-state index contributed by atoms with van der Waals surface area (Å²) in [5.74, 6) is 0.598. The minimum atomic E-state index is -0.113. The second-order valence-electron chi connectivity index (χ2n) is 6.56. The Morgan fingerprint density at radius 1 is 0.893 bits per heavy atom. The Balaban J connectivity index is 1.81. The van der Waals surface area contributed by atoms with Gasteiger partial charge in [-0.2, -0.15) is 0 Å². The predicted molar refractivity (Wildman–Crippen MR) is 111 cm³/mol. The molecule has 0 aliphatic heterocycles. The minimum Gasteiger partial charge on any atom is -0.305 e. The molecule has 6 heteroatoms. The molecule has 0 bridgehead atoms. The van der Waals surface area contributed by atoms with Crippen molar-refractivity contribution in [2.75, 3.05) is 0 Å². The molecule has 0 atom stereocenters. The Kier molecular flexibility index (Phi) is 3.95. The number of pyridine rings is 1. The fourth-order valence-electron chi connectivity index (χ4n) is 3.51. The van der Waals surface area contributed by atoms with Crippen molar-refractivity contribution in [1.82, 2.24) is 18.9 Å². The summed E-state index contributed by atoms with van der Waals surface area (Å²) in [7, 11) is 0. The van der Waals surface area contributed by atoms with Crippen molar-refractivity contribution in [3.8, 4) is 11.3 Å². The normalized spacial score (nSPS) is 11.3. The fraction of sp³-hybridized carbons (Fsp3) is 0.0455. The van der Waals surface area contributed by atoms with Gasteiger partial charge in [-0.1, -0.05) is 35.9 Å². The number of fused-ring (bicyclic) bond motifs is 3. The molecule has 136 valence electrons. The Morgan fingerprint density at radius 3 is 2.46 bits per heavy atom. The SMILES string of the molecule is O=c1cc(-c2ccncc2)nc2n(Cc3cccc(Cl)c3)c3ccccc3n12. The lowest BCUT2D eigenvalue weighted by Gasteiger charge is -2.08. The summed E-state index contributed by atoms with van der Waals surface area (Å²) in [5.41, 5.74) is 4.19. The average Bonchev–Trinajstić information content (AvgIpc) is 3.03. The Bertz CT molecular complexity index is 1370. The zero-order valence-electron chi connectivity index (χ0n) is 14.8. The number of nitrogens with zero attached hydrogens (tertiary/aromatic N) is 4. The summed E-state index contributed by atoms with van der Waals surface area (Å²) >= 11 is 6.17. The largest absolute Gasteiger partial charge is 0.305 e. The van der Waals surface area contributed by atoms with Gasteiger partial charge in [0.1, 0.15) is 0 Å². The molecule has 5 rings (SSSR count). The maximum absolute atomic E-state index is 13.0. The number of para-hydroxylation sites is 2. The van der Waals surface area contributed by atoms with Crippen LogP contribution in [-0.4, -0.2) is 18.9 Å². The van der Waals surface area contributed by atoms with E-state index >= 15 is 0 Å². The highest BCUT2D eigenvalue weighted by Crippen LogP contribution is 2.23. The van der Waals surface area contributed by atoms with E-state index < -0.39 is 0 Å². The first kappa shape index (κ1) is 16.7. The lowest BCUT2D eigenvalue weighted by atomic mass is 10.2. The van der Waals surface area contributed by atoms with Gasteiger partial charge in [0.05, 0.1) is 23.3 Å². The summed E-state index contributed by atoms with van der Waals surface area (Å²) in [6, 6.07) is 20.8. The number of hydrogen-bond acceptors (Lipinski definition) is 3. The van der Waals surface area contributed by atoms with Crippen LogP contribution < -0.4 is 5.56 Å². The van der Waals surface area contributed by atoms with Gasteiger partial charge in [-0.25, -0.2) is 9.38 Å². The molecule has 0 aliphatic rings. The van der Waals surface area contributed by atoms with Crippen LogP contribution in [0.4, 0.5) is 0 Å². The van der Waals surface area contributed by atoms with E-state index in [1.165, 1.54) is 0 Å². The van der Waals surface area contributed by atoms with E-state index in [4.69, 9.17) is 16.6 Å². The van der Waals surface area contributed by atoms with Gasteiger partial charge in [-0.3, -0.25) is 9.78 Å². The van der Waals surface area contributed by atoms with Crippen molar-refractivity contribution in [2.24, 2.45) is 0 Å². The van der Waals surface area contributed by atoms with E-state index in [9.17, 15) is 4.79 Å². The van der Waals surface area contributed by atoms with Crippen LogP contribution in [-0.2, 0) is 6.54 Å². The molecule has 0 saturated carbocycles. The van der Waals surface area contributed by atoms with E-state index in [0.717, 1.165) is 22.2 Å². The molecule has 0 unspecified atom stereocenters. The third-order valence-electron chi connectivity index (χ3n) is 4.76. The zero-order valence-corrected chi connectivity index (χ0v) is 15.5. The number of imidazole rings is 1. The number of halogens is 1. The highest BCUT2D eigenvalue weighted by molar-refractivity contribution is 6.30. The van der Waals surface area contributed by atoms with Crippen molar-refractivity contribution >= 4 is 28.4 Å². The molecular weight excluding hydrogens is 372 g/mol. The maximum Gasteiger partial charge on any atom is 0.260 e. The second kappa shape index (κ2) is 6.62. The number of hydrogen-bond donors (Lipinski definition) is 0. The van der Waals surface area contributed by atoms with Crippen LogP contribution >= 0.6 is 11.6 Å². The highest BCUT2D eigenvalue weighted by atomic mass is 35.5. The van der Waals surface area contributed by atoms with E-state index in [2.05, 4.69) is 4.98 Å². The smallest absolute Gasteiger partial charge is 0.260 e. The highest BCUT2D eigenvalue weighted by Gasteiger charge is 2.15. The summed E-state index contributed by atoms with van der Waals surface area (Å²) < 4.78 is 3.71. The molecule has 28 heavy (non-hydrogen) atoms. The second-order valence-corrected chi connectivity index (χ2v) is 6.99. The van der Waals surface area contributed by atoms with Gasteiger partial charge < -0.3 is 4.57 Å². The van der Waals surface area contributed by atoms with Crippen molar-refractivity contribution < 1.29 is 0 Å². The molecule has 0 fully saturated rings. The number of aromatic nitrogens is 4. The summed E-state index contributed by atoms with van der Waals surface area (Å²) in [4.78, 5) is 21.9. The molecule has 5 nitrogen and oxygen atoms in total. The van der Waals surface area contributed by atoms with E-state index in [0.29, 0.717) is 23.0 Å². The lowest BCUT2D eigenvalue weighted by molar-refractivity contribution is 0.834. The fourth-order valence-corrected chi connectivity index (χ4v) is 3.72. The molecule has 0 saturated heterocycles. The van der Waals surface area contributed by atoms with Crippen LogP contribution in [0.1, 0.15) is 5.56 Å². The number of rotatable bonds is 3. The lowest BCUT2D eigenvalue weighted by Crippen LogP contribution is -2.14. The standard InChI is InChI=1S/C22H15ClN4O/c23-17-5-3-4-15(12-17)14-26-19-6-1-2-7-20(19)27-21(28)13-18(25-22(26)27)16-8-10-24-11-9-16/h1-13H,14H2. The monoisotopic (exact) mass is 386 g/mol. The topological polar surface area (TPSA) is 52.2 Å². The minimum absolute atomic E-state index is 0.113. The molecule has 2 aromatic carbocycles. The van der Waals surface area contributed by atoms with Crippen molar-refractivity contribution in [1.29, 1.82) is 0 Å². The summed E-state index contributed by atoms with van der Waals surface area (Å²) in [6.07, 6.45) is 3.39. The van der Waals surface area contributed by atoms with Gasteiger partial charge in [0, 0.05) is 29.0 Å². The molecule has 5 aromatic rings. The molecule has 0 amide bonds. The Morgan fingerprint density at radius 2 is 1.68 bits per heavy atom. The van der Waals surface area contributed by atoms with Crippen LogP contribution in [0.25, 0.3) is 28.1 Å². The van der Waals surface area contributed by atoms with Gasteiger partial charge in [-0.15, -0.1) is 0 Å². The van der Waals surface area contributed by atoms with Crippen molar-refractivity contribution in [3.63, 3.8) is 0 Å². The Labute approximate surface area is 165 Å². The van der Waals surface area contributed by atoms with Gasteiger partial charge >= 0.3 is 0 Å². The van der Waals surface area contributed by atoms with Crippen LogP contribution in [0.15, 0.2) is 83.9 Å². The van der Waals surface area contributed by atoms with Gasteiger partial charge in [-0.05, 0) is 42.0 Å². The molecule has 0 N–H and O–H groups in total. The number of benzene rings is 2. The van der Waals surface area contributed by atoms with Crippen LogP contribution in [0.3, 0.4) is 0 Å². The van der Waals surface area contributed by atoms with Crippen LogP contribution in [0.5, 0.6) is 0 Å². The first-order valence-corrected chi connectivity index (χ1v) is 9.24. The first-order chi connectivity index (χ1) is 13.7. The third kappa shape index (κ3) is 2.77. The van der Waals surface area contributed by atoms with Crippen molar-refractivity contribution in [2.45, 2.75) is 6.54 Å².